The molecule has 3 nitrogen and oxygen atoms in total. The molecule has 1 heterocycles. The van der Waals surface area contributed by atoms with Crippen LogP contribution in [0.15, 0.2) is 42.7 Å². The monoisotopic (exact) mass is 263 g/mol. The maximum atomic E-state index is 13.1. The summed E-state index contributed by atoms with van der Waals surface area (Å²) in [7, 11) is 0. The van der Waals surface area contributed by atoms with E-state index in [4.69, 9.17) is 5.73 Å². The Bertz CT molecular complexity index is 553. The Hall–Kier alpha value is -1.75. The van der Waals surface area contributed by atoms with E-state index < -0.39 is 11.3 Å². The third-order valence-electron chi connectivity index (χ3n) is 3.83. The van der Waals surface area contributed by atoms with Crippen LogP contribution in [-0.4, -0.2) is 22.2 Å². The maximum Gasteiger partial charge on any atom is 0.250 e. The molecule has 1 aliphatic carbocycles. The van der Waals surface area contributed by atoms with Crippen LogP contribution in [0.5, 0.6) is 0 Å². The van der Waals surface area contributed by atoms with E-state index in [2.05, 4.69) is 5.10 Å². The number of benzene rings is 1. The smallest absolute Gasteiger partial charge is 0.250 e. The summed E-state index contributed by atoms with van der Waals surface area (Å²) in [5, 5.41) is 4.13. The zero-order valence-electron chi connectivity index (χ0n) is 10.4. The van der Waals surface area contributed by atoms with Crippen molar-refractivity contribution in [2.75, 3.05) is 6.54 Å². The average Bonchev–Trinajstić information content (AvgIpc) is 2.89. The topological polar surface area (TPSA) is 43.8 Å². The summed E-state index contributed by atoms with van der Waals surface area (Å²) in [5.41, 5.74) is 6.94. The van der Waals surface area contributed by atoms with E-state index >= 15 is 0 Å². The first-order chi connectivity index (χ1) is 9.05. The van der Waals surface area contributed by atoms with Crippen molar-refractivity contribution in [3.05, 3.63) is 48.3 Å². The highest BCUT2D eigenvalue weighted by atomic mass is 19.3. The van der Waals surface area contributed by atoms with Gasteiger partial charge in [-0.25, -0.2) is 13.5 Å². The van der Waals surface area contributed by atoms with Crippen molar-refractivity contribution in [2.24, 2.45) is 5.73 Å². The van der Waals surface area contributed by atoms with Crippen LogP contribution in [0.3, 0.4) is 0 Å². The van der Waals surface area contributed by atoms with Gasteiger partial charge in [0.15, 0.2) is 0 Å². The Labute approximate surface area is 110 Å². The molecule has 2 N–H and O–H groups in total. The van der Waals surface area contributed by atoms with Crippen molar-refractivity contribution < 1.29 is 8.78 Å². The Morgan fingerprint density at radius 1 is 1.21 bits per heavy atom. The number of hydrogen-bond donors (Lipinski definition) is 1. The summed E-state index contributed by atoms with van der Waals surface area (Å²) >= 11 is 0. The van der Waals surface area contributed by atoms with Gasteiger partial charge in [-0.1, -0.05) is 12.1 Å². The fourth-order valence-electron chi connectivity index (χ4n) is 2.79. The summed E-state index contributed by atoms with van der Waals surface area (Å²) in [6, 6.07) is 9.35. The van der Waals surface area contributed by atoms with E-state index in [0.717, 1.165) is 11.3 Å². The molecule has 3 rings (SSSR count). The molecule has 1 saturated carbocycles. The van der Waals surface area contributed by atoms with Gasteiger partial charge in [0.05, 0.1) is 5.69 Å². The molecule has 5 heteroatoms. The molecule has 0 bridgehead atoms. The van der Waals surface area contributed by atoms with Crippen LogP contribution in [0.1, 0.15) is 18.4 Å². The first-order valence-corrected chi connectivity index (χ1v) is 6.23. The van der Waals surface area contributed by atoms with Gasteiger partial charge >= 0.3 is 0 Å². The van der Waals surface area contributed by atoms with E-state index in [1.807, 2.05) is 36.5 Å². The predicted molar refractivity (Wildman–Crippen MR) is 68.5 cm³/mol. The number of alkyl halides is 2. The lowest BCUT2D eigenvalue weighted by Gasteiger charge is -2.47. The molecule has 0 unspecified atom stereocenters. The second-order valence-electron chi connectivity index (χ2n) is 5.19. The molecule has 1 aliphatic rings. The van der Waals surface area contributed by atoms with E-state index in [-0.39, 0.29) is 19.4 Å². The van der Waals surface area contributed by atoms with Gasteiger partial charge in [-0.2, -0.15) is 5.10 Å². The molecule has 0 atom stereocenters. The molecule has 0 saturated heterocycles. The van der Waals surface area contributed by atoms with Crippen LogP contribution in [0.2, 0.25) is 0 Å². The largest absolute Gasteiger partial charge is 0.330 e. The van der Waals surface area contributed by atoms with Gasteiger partial charge in [-0.05, 0) is 23.8 Å². The molecule has 19 heavy (non-hydrogen) atoms. The third kappa shape index (κ3) is 2.04. The number of nitrogens with zero attached hydrogens (tertiary/aromatic N) is 2. The summed E-state index contributed by atoms with van der Waals surface area (Å²) in [4.78, 5) is 0. The van der Waals surface area contributed by atoms with E-state index in [1.165, 1.54) is 0 Å². The number of aromatic nitrogens is 2. The van der Waals surface area contributed by atoms with Crippen LogP contribution in [0, 0.1) is 0 Å². The Balaban J connectivity index is 1.87. The Morgan fingerprint density at radius 2 is 1.89 bits per heavy atom. The quantitative estimate of drug-likeness (QED) is 0.924. The lowest BCUT2D eigenvalue weighted by molar-refractivity contribution is -0.123. The van der Waals surface area contributed by atoms with Gasteiger partial charge in [0.25, 0.3) is 0 Å². The van der Waals surface area contributed by atoms with Crippen LogP contribution in [0.4, 0.5) is 8.78 Å². The van der Waals surface area contributed by atoms with Gasteiger partial charge < -0.3 is 5.73 Å². The summed E-state index contributed by atoms with van der Waals surface area (Å²) in [6.07, 6.45) is 3.22. The first kappa shape index (κ1) is 12.3. The highest BCUT2D eigenvalue weighted by molar-refractivity contribution is 5.39. The average molecular weight is 263 g/mol. The first-order valence-electron chi connectivity index (χ1n) is 6.23. The van der Waals surface area contributed by atoms with Gasteiger partial charge in [0, 0.05) is 37.2 Å². The van der Waals surface area contributed by atoms with Gasteiger partial charge in [-0.15, -0.1) is 0 Å². The standard InChI is InChI=1S/C14H15F2N3/c15-14(16)8-13(9-14,10-17)11-2-4-12(5-3-11)19-7-1-6-18-19/h1-7H,8-10,17H2. The second kappa shape index (κ2) is 4.13. The lowest BCUT2D eigenvalue weighted by atomic mass is 9.62. The molecule has 2 aromatic rings. The normalized spacial score (nSPS) is 19.9. The van der Waals surface area contributed by atoms with Gasteiger partial charge in [0.2, 0.25) is 5.92 Å². The minimum Gasteiger partial charge on any atom is -0.330 e. The van der Waals surface area contributed by atoms with Crippen LogP contribution < -0.4 is 5.73 Å². The fourth-order valence-corrected chi connectivity index (χ4v) is 2.79. The van der Waals surface area contributed by atoms with Crippen molar-refractivity contribution in [2.45, 2.75) is 24.2 Å². The zero-order valence-corrected chi connectivity index (χ0v) is 10.4. The molecule has 0 amide bonds. The molecule has 0 spiro atoms. The van der Waals surface area contributed by atoms with Crippen molar-refractivity contribution in [3.63, 3.8) is 0 Å². The molecule has 1 aromatic carbocycles. The molecular weight excluding hydrogens is 248 g/mol. The maximum absolute atomic E-state index is 13.1. The van der Waals surface area contributed by atoms with Crippen molar-refractivity contribution >= 4 is 0 Å². The molecule has 0 aliphatic heterocycles. The highest BCUT2D eigenvalue weighted by Gasteiger charge is 2.56. The van der Waals surface area contributed by atoms with Crippen LogP contribution >= 0.6 is 0 Å². The minimum atomic E-state index is -2.57. The Morgan fingerprint density at radius 3 is 2.37 bits per heavy atom. The number of rotatable bonds is 3. The predicted octanol–water partition coefficient (Wildman–Crippen LogP) is 2.50. The SMILES string of the molecule is NCC1(c2ccc(-n3cccn3)cc2)CC(F)(F)C1. The zero-order chi connectivity index (χ0) is 13.5. The molecular formula is C14H15F2N3. The molecule has 0 radical (unpaired) electrons. The fraction of sp³-hybridized carbons (Fsp3) is 0.357. The molecule has 1 aromatic heterocycles. The van der Waals surface area contributed by atoms with Gasteiger partial charge in [0.1, 0.15) is 0 Å². The van der Waals surface area contributed by atoms with E-state index in [9.17, 15) is 8.78 Å². The molecule has 1 fully saturated rings. The van der Waals surface area contributed by atoms with Crippen molar-refractivity contribution in [1.82, 2.24) is 9.78 Å². The number of hydrogen-bond acceptors (Lipinski definition) is 2. The third-order valence-corrected chi connectivity index (χ3v) is 3.83. The Kier molecular flexibility index (Phi) is 2.67. The summed E-state index contributed by atoms with van der Waals surface area (Å²) < 4.78 is 28.0. The van der Waals surface area contributed by atoms with Crippen molar-refractivity contribution in [3.8, 4) is 5.69 Å². The number of halogens is 2. The van der Waals surface area contributed by atoms with E-state index in [1.54, 1.807) is 10.9 Å². The van der Waals surface area contributed by atoms with Crippen LogP contribution in [-0.2, 0) is 5.41 Å². The van der Waals surface area contributed by atoms with Crippen LogP contribution in [0.25, 0.3) is 5.69 Å². The lowest BCUT2D eigenvalue weighted by Crippen LogP contribution is -2.53. The number of nitrogens with two attached hydrogens (primary N) is 1. The molecule has 100 valence electrons. The minimum absolute atomic E-state index is 0.155. The summed E-state index contributed by atoms with van der Waals surface area (Å²) in [6.45, 7) is 0.254. The highest BCUT2D eigenvalue weighted by Crippen LogP contribution is 2.52. The second-order valence-corrected chi connectivity index (χ2v) is 5.19. The van der Waals surface area contributed by atoms with E-state index in [0.29, 0.717) is 0 Å². The van der Waals surface area contributed by atoms with Crippen molar-refractivity contribution in [1.29, 1.82) is 0 Å². The summed E-state index contributed by atoms with van der Waals surface area (Å²) in [5.74, 6) is -2.57. The van der Waals surface area contributed by atoms with Gasteiger partial charge in [-0.3, -0.25) is 0 Å².